The number of aromatic nitrogens is 1. The summed E-state index contributed by atoms with van der Waals surface area (Å²) in [5.74, 6) is -1.43. The molecule has 9 heteroatoms. The number of ether oxygens (including phenoxy) is 2. The van der Waals surface area contributed by atoms with Crippen LogP contribution in [0.5, 0.6) is 0 Å². The number of pyridine rings is 1. The van der Waals surface area contributed by atoms with Gasteiger partial charge in [0.2, 0.25) is 0 Å². The Kier molecular flexibility index (Phi) is 7.69. The molecule has 2 aromatic carbocycles. The number of carbonyl (C=O) groups excluding carboxylic acids is 3. The lowest BCUT2D eigenvalue weighted by Crippen LogP contribution is -2.42. The van der Waals surface area contributed by atoms with Crippen molar-refractivity contribution in [2.24, 2.45) is 0 Å². The number of nitrogens with zero attached hydrogens (tertiary/aromatic N) is 1. The highest BCUT2D eigenvalue weighted by molar-refractivity contribution is 9.10. The number of hydrogen-bond acceptors (Lipinski definition) is 6. The van der Waals surface area contributed by atoms with Gasteiger partial charge >= 0.3 is 12.0 Å². The monoisotopic (exact) mass is 485 g/mol. The Hall–Kier alpha value is -3.30. The lowest BCUT2D eigenvalue weighted by Gasteiger charge is -2.10. The van der Waals surface area contributed by atoms with E-state index in [9.17, 15) is 14.4 Å². The van der Waals surface area contributed by atoms with Crippen molar-refractivity contribution in [1.82, 2.24) is 15.6 Å². The summed E-state index contributed by atoms with van der Waals surface area (Å²) >= 11 is 3.40. The lowest BCUT2D eigenvalue weighted by atomic mass is 10.0. The van der Waals surface area contributed by atoms with Crippen LogP contribution in [0.1, 0.15) is 10.4 Å². The number of rotatable bonds is 7. The van der Waals surface area contributed by atoms with E-state index in [0.717, 1.165) is 10.0 Å². The molecule has 0 aliphatic heterocycles. The first-order chi connectivity index (χ1) is 15.0. The number of nitrogens with one attached hydrogen (secondary N) is 2. The predicted molar refractivity (Wildman–Crippen MR) is 119 cm³/mol. The van der Waals surface area contributed by atoms with E-state index in [0.29, 0.717) is 23.2 Å². The summed E-state index contributed by atoms with van der Waals surface area (Å²) in [6.45, 7) is -0.0373. The molecule has 0 atom stereocenters. The second-order valence-corrected chi connectivity index (χ2v) is 7.37. The van der Waals surface area contributed by atoms with Crippen LogP contribution in [0, 0.1) is 0 Å². The van der Waals surface area contributed by atoms with Crippen LogP contribution < -0.4 is 10.6 Å². The molecule has 0 saturated carbocycles. The van der Waals surface area contributed by atoms with Crippen LogP contribution in [0.25, 0.3) is 22.2 Å². The number of methoxy groups -OCH3 is 1. The molecule has 8 nitrogen and oxygen atoms in total. The molecule has 0 radical (unpaired) electrons. The van der Waals surface area contributed by atoms with Gasteiger partial charge in [0.1, 0.15) is 0 Å². The molecule has 1 heterocycles. The van der Waals surface area contributed by atoms with Crippen molar-refractivity contribution >= 4 is 44.7 Å². The largest absolute Gasteiger partial charge is 0.452 e. The van der Waals surface area contributed by atoms with Crippen molar-refractivity contribution in [3.05, 3.63) is 64.6 Å². The first kappa shape index (κ1) is 22.4. The van der Waals surface area contributed by atoms with Crippen LogP contribution in [-0.2, 0) is 14.3 Å². The number of imide groups is 1. The van der Waals surface area contributed by atoms with E-state index in [4.69, 9.17) is 9.47 Å². The Labute approximate surface area is 187 Å². The lowest BCUT2D eigenvalue weighted by molar-refractivity contribution is -0.123. The molecule has 3 amide bonds. The maximum atomic E-state index is 12.7. The Morgan fingerprint density at radius 2 is 1.81 bits per heavy atom. The fourth-order valence-electron chi connectivity index (χ4n) is 2.80. The minimum atomic E-state index is -0.741. The number of para-hydroxylation sites is 1. The minimum absolute atomic E-state index is 0.247. The molecule has 3 rings (SSSR count). The topological polar surface area (TPSA) is 107 Å². The number of hydrogen-bond donors (Lipinski definition) is 2. The fourth-order valence-corrected chi connectivity index (χ4v) is 3.06. The number of carbonyl (C=O) groups is 3. The molecule has 0 aliphatic carbocycles. The molecular formula is C22H20BrN3O5. The molecule has 0 spiro atoms. The third-order valence-electron chi connectivity index (χ3n) is 4.26. The molecule has 31 heavy (non-hydrogen) atoms. The predicted octanol–water partition coefficient (Wildman–Crippen LogP) is 3.29. The molecule has 0 unspecified atom stereocenters. The minimum Gasteiger partial charge on any atom is -0.452 e. The van der Waals surface area contributed by atoms with E-state index >= 15 is 0 Å². The SMILES string of the molecule is COCCNC(=O)NC(=O)COC(=O)c1cc(-c2ccc(Br)cc2)nc2ccccc12. The van der Waals surface area contributed by atoms with Crippen molar-refractivity contribution in [2.75, 3.05) is 26.9 Å². The van der Waals surface area contributed by atoms with Gasteiger partial charge in [-0.05, 0) is 24.3 Å². The summed E-state index contributed by atoms with van der Waals surface area (Å²) in [7, 11) is 1.50. The number of halogens is 1. The molecular weight excluding hydrogens is 466 g/mol. The van der Waals surface area contributed by atoms with Gasteiger partial charge in [0.15, 0.2) is 6.61 Å². The van der Waals surface area contributed by atoms with Crippen LogP contribution in [-0.4, -0.2) is 49.8 Å². The number of fused-ring (bicyclic) bond motifs is 1. The summed E-state index contributed by atoms with van der Waals surface area (Å²) < 4.78 is 10.9. The maximum absolute atomic E-state index is 12.7. The van der Waals surface area contributed by atoms with Gasteiger partial charge in [-0.3, -0.25) is 10.1 Å². The molecule has 2 N–H and O–H groups in total. The molecule has 1 aromatic heterocycles. The molecule has 3 aromatic rings. The first-order valence-electron chi connectivity index (χ1n) is 9.37. The highest BCUT2D eigenvalue weighted by atomic mass is 79.9. The van der Waals surface area contributed by atoms with Crippen LogP contribution in [0.15, 0.2) is 59.1 Å². The number of benzene rings is 2. The van der Waals surface area contributed by atoms with Gasteiger partial charge in [-0.15, -0.1) is 0 Å². The molecule has 0 saturated heterocycles. The van der Waals surface area contributed by atoms with Gasteiger partial charge in [-0.1, -0.05) is 46.3 Å². The summed E-state index contributed by atoms with van der Waals surface area (Å²) in [6.07, 6.45) is 0. The Morgan fingerprint density at radius 3 is 2.55 bits per heavy atom. The van der Waals surface area contributed by atoms with Crippen LogP contribution in [0.2, 0.25) is 0 Å². The van der Waals surface area contributed by atoms with Gasteiger partial charge < -0.3 is 14.8 Å². The zero-order valence-corrected chi connectivity index (χ0v) is 18.3. The van der Waals surface area contributed by atoms with Crippen molar-refractivity contribution < 1.29 is 23.9 Å². The first-order valence-corrected chi connectivity index (χ1v) is 10.2. The van der Waals surface area contributed by atoms with Gasteiger partial charge in [-0.25, -0.2) is 14.6 Å². The maximum Gasteiger partial charge on any atom is 0.339 e. The summed E-state index contributed by atoms with van der Waals surface area (Å²) in [5.41, 5.74) is 2.33. The Bertz CT molecular complexity index is 1100. The molecule has 0 fully saturated rings. The Morgan fingerprint density at radius 1 is 1.06 bits per heavy atom. The average molecular weight is 486 g/mol. The highest BCUT2D eigenvalue weighted by Crippen LogP contribution is 2.26. The fraction of sp³-hybridized carbons (Fsp3) is 0.182. The van der Waals surface area contributed by atoms with Crippen LogP contribution >= 0.6 is 15.9 Å². The molecule has 0 aliphatic rings. The van der Waals surface area contributed by atoms with Gasteiger partial charge in [0.05, 0.1) is 23.4 Å². The quantitative estimate of drug-likeness (QED) is 0.392. The highest BCUT2D eigenvalue weighted by Gasteiger charge is 2.17. The summed E-state index contributed by atoms with van der Waals surface area (Å²) in [6, 6.07) is 15.6. The summed E-state index contributed by atoms with van der Waals surface area (Å²) in [4.78, 5) is 40.9. The second-order valence-electron chi connectivity index (χ2n) is 6.45. The second kappa shape index (κ2) is 10.6. The van der Waals surface area contributed by atoms with Gasteiger partial charge in [0.25, 0.3) is 5.91 Å². The van der Waals surface area contributed by atoms with Gasteiger partial charge in [0, 0.05) is 29.1 Å². The van der Waals surface area contributed by atoms with Crippen LogP contribution in [0.4, 0.5) is 4.79 Å². The van der Waals surface area contributed by atoms with E-state index in [1.165, 1.54) is 7.11 Å². The molecule has 160 valence electrons. The Balaban J connectivity index is 1.75. The van der Waals surface area contributed by atoms with E-state index in [1.54, 1.807) is 24.3 Å². The number of amides is 3. The summed E-state index contributed by atoms with van der Waals surface area (Å²) in [5, 5.41) is 5.13. The zero-order valence-electron chi connectivity index (χ0n) is 16.7. The van der Waals surface area contributed by atoms with Gasteiger partial charge in [-0.2, -0.15) is 0 Å². The smallest absolute Gasteiger partial charge is 0.339 e. The van der Waals surface area contributed by atoms with Crippen molar-refractivity contribution in [3.8, 4) is 11.3 Å². The third kappa shape index (κ3) is 6.09. The van der Waals surface area contributed by atoms with E-state index < -0.39 is 24.5 Å². The van der Waals surface area contributed by atoms with E-state index in [-0.39, 0.29) is 12.1 Å². The standard InChI is InChI=1S/C22H20BrN3O5/c1-30-11-10-24-22(29)26-20(27)13-31-21(28)17-12-19(14-6-8-15(23)9-7-14)25-18-5-3-2-4-16(17)18/h2-9,12H,10-11,13H2,1H3,(H2,24,26,27,29). The number of urea groups is 1. The molecule has 0 bridgehead atoms. The average Bonchev–Trinajstić information content (AvgIpc) is 2.77. The van der Waals surface area contributed by atoms with Crippen molar-refractivity contribution in [3.63, 3.8) is 0 Å². The normalized spacial score (nSPS) is 10.5. The van der Waals surface area contributed by atoms with Crippen LogP contribution in [0.3, 0.4) is 0 Å². The van der Waals surface area contributed by atoms with E-state index in [2.05, 4.69) is 31.5 Å². The third-order valence-corrected chi connectivity index (χ3v) is 4.78. The van der Waals surface area contributed by atoms with E-state index in [1.807, 2.05) is 30.3 Å². The van der Waals surface area contributed by atoms with Crippen molar-refractivity contribution in [1.29, 1.82) is 0 Å². The number of esters is 1. The zero-order chi connectivity index (χ0) is 22.2. The van der Waals surface area contributed by atoms with Crippen molar-refractivity contribution in [2.45, 2.75) is 0 Å².